The van der Waals surface area contributed by atoms with Gasteiger partial charge in [-0.25, -0.2) is 4.98 Å². The van der Waals surface area contributed by atoms with Crippen molar-refractivity contribution in [2.45, 2.75) is 33.2 Å². The molecule has 7 nitrogen and oxygen atoms in total. The maximum absolute atomic E-state index is 12.5. The Bertz CT molecular complexity index is 1040. The number of rotatable bonds is 5. The Kier molecular flexibility index (Phi) is 4.71. The third-order valence-corrected chi connectivity index (χ3v) is 4.30. The number of nitrogens with one attached hydrogen (secondary N) is 1. The molecule has 0 spiro atoms. The molecule has 26 heavy (non-hydrogen) atoms. The highest BCUT2D eigenvalue weighted by atomic mass is 16.6. The minimum atomic E-state index is -0.693. The molecule has 0 radical (unpaired) electrons. The fourth-order valence-corrected chi connectivity index (χ4v) is 3.03. The average Bonchev–Trinajstić information content (AvgIpc) is 2.57. The van der Waals surface area contributed by atoms with Crippen LogP contribution in [0.1, 0.15) is 23.6 Å². The molecule has 0 saturated heterocycles. The lowest BCUT2D eigenvalue weighted by atomic mass is 10.00. The van der Waals surface area contributed by atoms with Gasteiger partial charge in [-0.05, 0) is 50.5 Å². The minimum Gasteiger partial charge on any atom is -0.361 e. The van der Waals surface area contributed by atoms with Crippen molar-refractivity contribution in [2.24, 2.45) is 0 Å². The largest absolute Gasteiger partial charge is 0.376 e. The lowest BCUT2D eigenvalue weighted by molar-refractivity contribution is -0.385. The van der Waals surface area contributed by atoms with Crippen molar-refractivity contribution in [3.8, 4) is 0 Å². The predicted molar refractivity (Wildman–Crippen MR) is 101 cm³/mol. The van der Waals surface area contributed by atoms with Crippen LogP contribution in [0.2, 0.25) is 0 Å². The SMILES string of the molecule is Cc1ccc(CC(C)Nc2nc3ccccn3c(=O)c2[N+](=O)[O-])c(C)c1. The van der Waals surface area contributed by atoms with E-state index in [1.165, 1.54) is 21.7 Å². The van der Waals surface area contributed by atoms with Gasteiger partial charge < -0.3 is 5.32 Å². The van der Waals surface area contributed by atoms with Gasteiger partial charge >= 0.3 is 11.2 Å². The summed E-state index contributed by atoms with van der Waals surface area (Å²) in [7, 11) is 0. The average molecular weight is 352 g/mol. The van der Waals surface area contributed by atoms with E-state index in [-0.39, 0.29) is 11.9 Å². The van der Waals surface area contributed by atoms with E-state index in [4.69, 9.17) is 0 Å². The van der Waals surface area contributed by atoms with E-state index in [9.17, 15) is 14.9 Å². The van der Waals surface area contributed by atoms with Gasteiger partial charge in [0, 0.05) is 12.2 Å². The molecule has 0 saturated carbocycles. The number of aromatic nitrogens is 2. The molecule has 0 amide bonds. The Balaban J connectivity index is 1.95. The van der Waals surface area contributed by atoms with Crippen LogP contribution in [0.3, 0.4) is 0 Å². The van der Waals surface area contributed by atoms with Gasteiger partial charge in [0.25, 0.3) is 0 Å². The number of aryl methyl sites for hydroxylation is 2. The number of anilines is 1. The zero-order valence-electron chi connectivity index (χ0n) is 14.9. The lowest BCUT2D eigenvalue weighted by Crippen LogP contribution is -2.25. The van der Waals surface area contributed by atoms with Crippen LogP contribution in [0.4, 0.5) is 11.5 Å². The number of nitrogens with zero attached hydrogens (tertiary/aromatic N) is 3. The van der Waals surface area contributed by atoms with Crippen LogP contribution < -0.4 is 10.9 Å². The van der Waals surface area contributed by atoms with E-state index in [0.29, 0.717) is 12.1 Å². The van der Waals surface area contributed by atoms with Crippen LogP contribution in [0.15, 0.2) is 47.4 Å². The van der Waals surface area contributed by atoms with Crippen molar-refractivity contribution in [3.05, 3.63) is 79.8 Å². The highest BCUT2D eigenvalue weighted by Crippen LogP contribution is 2.21. The first-order valence-electron chi connectivity index (χ1n) is 8.35. The van der Waals surface area contributed by atoms with Crippen molar-refractivity contribution < 1.29 is 4.92 Å². The number of nitro groups is 1. The Hall–Kier alpha value is -3.22. The second-order valence-corrected chi connectivity index (χ2v) is 6.48. The molecular formula is C19H20N4O3. The Morgan fingerprint density at radius 1 is 1.27 bits per heavy atom. The van der Waals surface area contributed by atoms with Crippen LogP contribution in [0.25, 0.3) is 5.65 Å². The van der Waals surface area contributed by atoms with Gasteiger partial charge in [0.15, 0.2) is 0 Å². The van der Waals surface area contributed by atoms with Crippen molar-refractivity contribution >= 4 is 17.2 Å². The Morgan fingerprint density at radius 2 is 2.04 bits per heavy atom. The molecule has 1 atom stereocenters. The second-order valence-electron chi connectivity index (χ2n) is 6.48. The summed E-state index contributed by atoms with van der Waals surface area (Å²) in [6.07, 6.45) is 2.14. The van der Waals surface area contributed by atoms with E-state index in [1.807, 2.05) is 26.8 Å². The molecule has 2 aromatic heterocycles. The molecule has 3 aromatic rings. The van der Waals surface area contributed by atoms with E-state index in [0.717, 1.165) is 5.56 Å². The minimum absolute atomic E-state index is 0.00321. The van der Waals surface area contributed by atoms with Crippen molar-refractivity contribution in [1.29, 1.82) is 0 Å². The van der Waals surface area contributed by atoms with Gasteiger partial charge in [-0.1, -0.05) is 29.8 Å². The Morgan fingerprint density at radius 3 is 2.73 bits per heavy atom. The predicted octanol–water partition coefficient (Wildman–Crippen LogP) is 3.26. The molecule has 0 aliphatic carbocycles. The highest BCUT2D eigenvalue weighted by molar-refractivity contribution is 5.60. The molecule has 0 fully saturated rings. The molecule has 0 aliphatic heterocycles. The third kappa shape index (κ3) is 3.42. The van der Waals surface area contributed by atoms with E-state index >= 15 is 0 Å². The molecule has 7 heteroatoms. The zero-order valence-corrected chi connectivity index (χ0v) is 14.9. The normalized spacial score (nSPS) is 12.1. The first-order valence-corrected chi connectivity index (χ1v) is 8.35. The fourth-order valence-electron chi connectivity index (χ4n) is 3.03. The molecule has 1 N–H and O–H groups in total. The van der Waals surface area contributed by atoms with Gasteiger partial charge in [-0.3, -0.25) is 19.3 Å². The first kappa shape index (κ1) is 17.6. The van der Waals surface area contributed by atoms with E-state index in [2.05, 4.69) is 22.4 Å². The molecule has 1 unspecified atom stereocenters. The lowest BCUT2D eigenvalue weighted by Gasteiger charge is -2.16. The van der Waals surface area contributed by atoms with E-state index in [1.54, 1.807) is 18.2 Å². The molecule has 0 aliphatic rings. The maximum Gasteiger partial charge on any atom is 0.376 e. The topological polar surface area (TPSA) is 89.5 Å². The third-order valence-electron chi connectivity index (χ3n) is 4.30. The summed E-state index contributed by atoms with van der Waals surface area (Å²) in [6, 6.07) is 11.1. The fraction of sp³-hybridized carbons (Fsp3) is 0.263. The van der Waals surface area contributed by atoms with Gasteiger partial charge in [-0.2, -0.15) is 0 Å². The standard InChI is InChI=1S/C19H20N4O3/c1-12-7-8-15(13(2)10-12)11-14(3)20-18-17(23(25)26)19(24)22-9-5-4-6-16(22)21-18/h4-10,14,20H,11H2,1-3H3. The summed E-state index contributed by atoms with van der Waals surface area (Å²) in [6.45, 7) is 5.99. The molecule has 0 bridgehead atoms. The smallest absolute Gasteiger partial charge is 0.361 e. The van der Waals surface area contributed by atoms with Crippen molar-refractivity contribution in [1.82, 2.24) is 9.38 Å². The summed E-state index contributed by atoms with van der Waals surface area (Å²) in [4.78, 5) is 27.5. The molecule has 1 aromatic carbocycles. The Labute approximate surface area is 150 Å². The van der Waals surface area contributed by atoms with Gasteiger partial charge in [0.05, 0.1) is 4.92 Å². The van der Waals surface area contributed by atoms with Crippen molar-refractivity contribution in [2.75, 3.05) is 5.32 Å². The monoisotopic (exact) mass is 352 g/mol. The number of hydrogen-bond acceptors (Lipinski definition) is 5. The van der Waals surface area contributed by atoms with Gasteiger partial charge in [0.2, 0.25) is 5.82 Å². The first-order chi connectivity index (χ1) is 12.4. The number of pyridine rings is 1. The van der Waals surface area contributed by atoms with Crippen LogP contribution in [0, 0.1) is 24.0 Å². The van der Waals surface area contributed by atoms with Crippen LogP contribution in [0.5, 0.6) is 0 Å². The molecular weight excluding hydrogens is 332 g/mol. The maximum atomic E-state index is 12.5. The van der Waals surface area contributed by atoms with E-state index < -0.39 is 16.2 Å². The molecule has 2 heterocycles. The summed E-state index contributed by atoms with van der Waals surface area (Å²) in [5, 5.41) is 14.5. The number of fused-ring (bicyclic) bond motifs is 1. The number of hydrogen-bond donors (Lipinski definition) is 1. The summed E-state index contributed by atoms with van der Waals surface area (Å²) in [5.41, 5.74) is 2.63. The summed E-state index contributed by atoms with van der Waals surface area (Å²) < 4.78 is 1.18. The zero-order chi connectivity index (χ0) is 18.8. The van der Waals surface area contributed by atoms with Gasteiger partial charge in [-0.15, -0.1) is 0 Å². The van der Waals surface area contributed by atoms with Crippen LogP contribution in [-0.2, 0) is 6.42 Å². The second kappa shape index (κ2) is 6.95. The quantitative estimate of drug-likeness (QED) is 0.562. The molecule has 134 valence electrons. The van der Waals surface area contributed by atoms with Crippen LogP contribution >= 0.6 is 0 Å². The highest BCUT2D eigenvalue weighted by Gasteiger charge is 2.24. The van der Waals surface area contributed by atoms with Crippen molar-refractivity contribution in [3.63, 3.8) is 0 Å². The number of benzene rings is 1. The van der Waals surface area contributed by atoms with Crippen LogP contribution in [-0.4, -0.2) is 20.3 Å². The summed E-state index contributed by atoms with van der Waals surface area (Å²) in [5.74, 6) is 0.00321. The molecule has 3 rings (SSSR count). The summed E-state index contributed by atoms with van der Waals surface area (Å²) >= 11 is 0. The van der Waals surface area contributed by atoms with Gasteiger partial charge in [0.1, 0.15) is 5.65 Å².